The van der Waals surface area contributed by atoms with Gasteiger partial charge in [0.25, 0.3) is 5.91 Å². The van der Waals surface area contributed by atoms with Crippen LogP contribution < -0.4 is 9.80 Å². The van der Waals surface area contributed by atoms with Gasteiger partial charge in [0.15, 0.2) is 0 Å². The largest absolute Gasteiger partial charge is 0.300 e. The predicted molar refractivity (Wildman–Crippen MR) is 86.9 cm³/mol. The van der Waals surface area contributed by atoms with Crippen molar-refractivity contribution in [1.29, 1.82) is 0 Å². The van der Waals surface area contributed by atoms with E-state index in [4.69, 9.17) is 0 Å². The average Bonchev–Trinajstić information content (AvgIpc) is 2.84. The SMILES string of the molecule is CC(=O)N(c1ccccc1)[C@@H]1CC(=O)N(c2ccccc2)C1=O. The van der Waals surface area contributed by atoms with Crippen LogP contribution in [-0.4, -0.2) is 23.8 Å². The fourth-order valence-electron chi connectivity index (χ4n) is 2.84. The summed E-state index contributed by atoms with van der Waals surface area (Å²) in [5, 5.41) is 0. The maximum atomic E-state index is 12.7. The van der Waals surface area contributed by atoms with Gasteiger partial charge in [0.2, 0.25) is 11.8 Å². The zero-order valence-electron chi connectivity index (χ0n) is 12.7. The Morgan fingerprint density at radius 2 is 1.57 bits per heavy atom. The van der Waals surface area contributed by atoms with E-state index in [1.54, 1.807) is 48.5 Å². The lowest BCUT2D eigenvalue weighted by molar-refractivity contribution is -0.123. The van der Waals surface area contributed by atoms with Crippen molar-refractivity contribution < 1.29 is 14.4 Å². The maximum absolute atomic E-state index is 12.7. The van der Waals surface area contributed by atoms with Gasteiger partial charge in [-0.15, -0.1) is 0 Å². The van der Waals surface area contributed by atoms with E-state index < -0.39 is 6.04 Å². The summed E-state index contributed by atoms with van der Waals surface area (Å²) in [5.74, 6) is -0.939. The number of carbonyl (C=O) groups excluding carboxylic acids is 3. The molecule has 23 heavy (non-hydrogen) atoms. The van der Waals surface area contributed by atoms with Crippen LogP contribution in [0.1, 0.15) is 13.3 Å². The van der Waals surface area contributed by atoms with Gasteiger partial charge >= 0.3 is 0 Å². The quantitative estimate of drug-likeness (QED) is 0.818. The average molecular weight is 308 g/mol. The van der Waals surface area contributed by atoms with Crippen molar-refractivity contribution in [1.82, 2.24) is 0 Å². The van der Waals surface area contributed by atoms with Gasteiger partial charge in [-0.25, -0.2) is 4.90 Å². The Morgan fingerprint density at radius 1 is 1.00 bits per heavy atom. The Kier molecular flexibility index (Phi) is 3.93. The van der Waals surface area contributed by atoms with Crippen LogP contribution in [0.25, 0.3) is 0 Å². The number of hydrogen-bond acceptors (Lipinski definition) is 3. The third kappa shape index (κ3) is 2.73. The molecule has 5 heteroatoms. The van der Waals surface area contributed by atoms with E-state index in [9.17, 15) is 14.4 Å². The van der Waals surface area contributed by atoms with E-state index in [0.29, 0.717) is 11.4 Å². The first kappa shape index (κ1) is 15.0. The molecule has 0 spiro atoms. The number of para-hydroxylation sites is 2. The molecule has 3 rings (SSSR count). The van der Waals surface area contributed by atoms with Gasteiger partial charge in [-0.1, -0.05) is 36.4 Å². The molecule has 2 aromatic rings. The summed E-state index contributed by atoms with van der Waals surface area (Å²) in [6, 6.07) is 16.9. The highest BCUT2D eigenvalue weighted by Crippen LogP contribution is 2.28. The number of carbonyl (C=O) groups is 3. The summed E-state index contributed by atoms with van der Waals surface area (Å²) in [6.07, 6.45) is -0.0117. The molecule has 0 N–H and O–H groups in total. The molecule has 1 aliphatic rings. The van der Waals surface area contributed by atoms with E-state index in [1.165, 1.54) is 11.8 Å². The van der Waals surface area contributed by atoms with E-state index in [-0.39, 0.29) is 24.1 Å². The van der Waals surface area contributed by atoms with Gasteiger partial charge in [0, 0.05) is 12.6 Å². The molecule has 0 radical (unpaired) electrons. The van der Waals surface area contributed by atoms with Gasteiger partial charge < -0.3 is 0 Å². The minimum absolute atomic E-state index is 0.0117. The number of imide groups is 1. The normalized spacial score (nSPS) is 17.4. The lowest BCUT2D eigenvalue weighted by atomic mass is 10.1. The van der Waals surface area contributed by atoms with Crippen LogP contribution in [0.3, 0.4) is 0 Å². The first-order valence-electron chi connectivity index (χ1n) is 7.36. The molecular formula is C18H16N2O3. The van der Waals surface area contributed by atoms with Gasteiger partial charge in [0.1, 0.15) is 6.04 Å². The summed E-state index contributed by atoms with van der Waals surface area (Å²) in [7, 11) is 0. The van der Waals surface area contributed by atoms with Crippen molar-refractivity contribution in [2.24, 2.45) is 0 Å². The fourth-order valence-corrected chi connectivity index (χ4v) is 2.84. The second-order valence-electron chi connectivity index (χ2n) is 5.35. The molecule has 1 atom stereocenters. The molecule has 1 fully saturated rings. The highest BCUT2D eigenvalue weighted by Gasteiger charge is 2.44. The van der Waals surface area contributed by atoms with Crippen LogP contribution in [0.5, 0.6) is 0 Å². The van der Waals surface area contributed by atoms with Crippen LogP contribution in [0.15, 0.2) is 60.7 Å². The molecule has 116 valence electrons. The van der Waals surface area contributed by atoms with Crippen LogP contribution in [-0.2, 0) is 14.4 Å². The smallest absolute Gasteiger partial charge is 0.257 e. The van der Waals surface area contributed by atoms with Gasteiger partial charge in [0.05, 0.1) is 12.1 Å². The molecule has 2 aromatic carbocycles. The van der Waals surface area contributed by atoms with Crippen LogP contribution in [0.4, 0.5) is 11.4 Å². The summed E-state index contributed by atoms with van der Waals surface area (Å²) in [4.78, 5) is 39.7. The fraction of sp³-hybridized carbons (Fsp3) is 0.167. The summed E-state index contributed by atoms with van der Waals surface area (Å²) < 4.78 is 0. The molecular weight excluding hydrogens is 292 g/mol. The Balaban J connectivity index is 1.96. The third-order valence-electron chi connectivity index (χ3n) is 3.82. The first-order chi connectivity index (χ1) is 11.1. The number of rotatable bonds is 3. The standard InChI is InChI=1S/C18H16N2O3/c1-13(21)19(14-8-4-2-5-9-14)16-12-17(22)20(18(16)23)15-10-6-3-7-11-15/h2-11,16H,12H2,1H3/t16-/m1/s1. The second-order valence-corrected chi connectivity index (χ2v) is 5.35. The van der Waals surface area contributed by atoms with Gasteiger partial charge in [-0.05, 0) is 24.3 Å². The number of nitrogens with zero attached hydrogens (tertiary/aromatic N) is 2. The van der Waals surface area contributed by atoms with Crippen LogP contribution >= 0.6 is 0 Å². The van der Waals surface area contributed by atoms with E-state index >= 15 is 0 Å². The molecule has 0 unspecified atom stereocenters. The molecule has 1 heterocycles. The topological polar surface area (TPSA) is 57.7 Å². The highest BCUT2D eigenvalue weighted by molar-refractivity contribution is 6.24. The Labute approximate surface area is 134 Å². The predicted octanol–water partition coefficient (Wildman–Crippen LogP) is 2.37. The number of anilines is 2. The molecule has 1 saturated heterocycles. The molecule has 0 aromatic heterocycles. The van der Waals surface area contributed by atoms with Crippen molar-refractivity contribution >= 4 is 29.1 Å². The molecule has 0 aliphatic carbocycles. The van der Waals surface area contributed by atoms with Gasteiger partial charge in [-0.3, -0.25) is 19.3 Å². The number of benzene rings is 2. The molecule has 0 bridgehead atoms. The lowest BCUT2D eigenvalue weighted by Crippen LogP contribution is -2.44. The van der Waals surface area contributed by atoms with Crippen LogP contribution in [0, 0.1) is 0 Å². The van der Waals surface area contributed by atoms with Crippen molar-refractivity contribution in [2.45, 2.75) is 19.4 Å². The minimum Gasteiger partial charge on any atom is -0.300 e. The maximum Gasteiger partial charge on any atom is 0.257 e. The zero-order valence-corrected chi connectivity index (χ0v) is 12.7. The second kappa shape index (κ2) is 6.04. The van der Waals surface area contributed by atoms with Gasteiger partial charge in [-0.2, -0.15) is 0 Å². The number of amides is 3. The molecule has 0 saturated carbocycles. The molecule has 5 nitrogen and oxygen atoms in total. The summed E-state index contributed by atoms with van der Waals surface area (Å²) >= 11 is 0. The first-order valence-corrected chi connectivity index (χ1v) is 7.36. The van der Waals surface area contributed by atoms with Crippen molar-refractivity contribution in [3.63, 3.8) is 0 Å². The summed E-state index contributed by atoms with van der Waals surface area (Å²) in [5.41, 5.74) is 1.14. The van der Waals surface area contributed by atoms with E-state index in [1.807, 2.05) is 12.1 Å². The Morgan fingerprint density at radius 3 is 2.13 bits per heavy atom. The third-order valence-corrected chi connectivity index (χ3v) is 3.82. The van der Waals surface area contributed by atoms with Crippen molar-refractivity contribution in [2.75, 3.05) is 9.80 Å². The zero-order chi connectivity index (χ0) is 16.4. The molecule has 1 aliphatic heterocycles. The number of hydrogen-bond donors (Lipinski definition) is 0. The Bertz CT molecular complexity index is 743. The van der Waals surface area contributed by atoms with Crippen molar-refractivity contribution in [3.8, 4) is 0 Å². The van der Waals surface area contributed by atoms with Crippen LogP contribution in [0.2, 0.25) is 0 Å². The monoisotopic (exact) mass is 308 g/mol. The van der Waals surface area contributed by atoms with E-state index in [2.05, 4.69) is 0 Å². The highest BCUT2D eigenvalue weighted by atomic mass is 16.2. The lowest BCUT2D eigenvalue weighted by Gasteiger charge is -2.26. The molecule has 3 amide bonds. The van der Waals surface area contributed by atoms with Crippen molar-refractivity contribution in [3.05, 3.63) is 60.7 Å². The Hall–Kier alpha value is -2.95. The summed E-state index contributed by atoms with van der Waals surface area (Å²) in [6.45, 7) is 1.40. The minimum atomic E-state index is -0.803. The van der Waals surface area contributed by atoms with E-state index in [0.717, 1.165) is 4.90 Å².